The fraction of sp³-hybridized carbons (Fsp3) is 1.00. The molecule has 0 aromatic rings. The number of hydrogen-bond donors (Lipinski definition) is 2. The first-order valence-electron chi connectivity index (χ1n) is 4.94. The molecule has 0 aromatic carbocycles. The average Bonchev–Trinajstić information content (AvgIpc) is 2.47. The molecule has 1 aliphatic heterocycles. The van der Waals surface area contributed by atoms with E-state index in [4.69, 9.17) is 0 Å². The van der Waals surface area contributed by atoms with Crippen LogP contribution in [0, 0.1) is 0 Å². The van der Waals surface area contributed by atoms with Gasteiger partial charge in [-0.1, -0.05) is 0 Å². The normalized spacial score (nSPS) is 28.4. The van der Waals surface area contributed by atoms with Crippen molar-refractivity contribution in [3.63, 3.8) is 0 Å². The number of hydrogen-bond acceptors (Lipinski definition) is 6. The standard InChI is InChI=1S/C7H16N2O.CH4O4S/c1-6-8(3)4-5-9(6)7(2)10;1-5-6(2,3)4/h6-7,10H,4-5H2,1-3H3;1H3,(H,2,3,4). The van der Waals surface area contributed by atoms with Crippen molar-refractivity contribution in [2.75, 3.05) is 27.2 Å². The van der Waals surface area contributed by atoms with Gasteiger partial charge in [0, 0.05) is 13.8 Å². The van der Waals surface area contributed by atoms with Gasteiger partial charge < -0.3 is 9.66 Å². The number of likely N-dealkylation sites (N-methyl/N-ethyl adjacent to an activating group) is 1. The van der Waals surface area contributed by atoms with Gasteiger partial charge in [0.1, 0.15) is 6.17 Å². The first kappa shape index (κ1) is 15.8. The number of nitrogens with one attached hydrogen (secondary N) is 1. The van der Waals surface area contributed by atoms with Crippen LogP contribution in [0.4, 0.5) is 0 Å². The molecule has 1 aliphatic rings. The second kappa shape index (κ2) is 6.48. The van der Waals surface area contributed by atoms with E-state index >= 15 is 0 Å². The van der Waals surface area contributed by atoms with Crippen LogP contribution in [0.15, 0.2) is 0 Å². The zero-order valence-corrected chi connectivity index (χ0v) is 10.8. The molecule has 98 valence electrons. The molecular formula is C8H20N2O5S. The third-order valence-corrected chi connectivity index (χ3v) is 3.10. The Hall–Kier alpha value is -0.250. The molecule has 0 aliphatic carbocycles. The lowest BCUT2D eigenvalue weighted by Gasteiger charge is -2.22. The Kier molecular flexibility index (Phi) is 6.38. The van der Waals surface area contributed by atoms with E-state index < -0.39 is 10.4 Å². The molecule has 0 saturated carbocycles. The van der Waals surface area contributed by atoms with Gasteiger partial charge in [-0.05, 0) is 7.05 Å². The molecule has 1 saturated heterocycles. The molecule has 2 N–H and O–H groups in total. The maximum Gasteiger partial charge on any atom is 0.217 e. The second-order valence-corrected chi connectivity index (χ2v) is 4.88. The van der Waals surface area contributed by atoms with Crippen LogP contribution in [0.5, 0.6) is 0 Å². The molecule has 3 atom stereocenters. The zero-order chi connectivity index (χ0) is 12.9. The number of quaternary nitrogens is 1. The minimum atomic E-state index is -4.41. The van der Waals surface area contributed by atoms with Gasteiger partial charge in [0.25, 0.3) is 0 Å². The summed E-state index contributed by atoms with van der Waals surface area (Å²) in [6.45, 7) is 6.16. The quantitative estimate of drug-likeness (QED) is 0.422. The number of aliphatic hydroxyl groups is 1. The van der Waals surface area contributed by atoms with Crippen LogP contribution in [0.3, 0.4) is 0 Å². The largest absolute Gasteiger partial charge is 0.726 e. The van der Waals surface area contributed by atoms with Gasteiger partial charge in [-0.25, -0.2) is 8.42 Å². The van der Waals surface area contributed by atoms with E-state index in [1.807, 2.05) is 6.92 Å². The lowest BCUT2D eigenvalue weighted by Crippen LogP contribution is -3.17. The smallest absolute Gasteiger partial charge is 0.217 e. The Morgan fingerprint density at radius 1 is 1.62 bits per heavy atom. The minimum absolute atomic E-state index is 0.222. The topological polar surface area (TPSA) is 94.3 Å². The Balaban J connectivity index is 0.000000325. The molecule has 0 radical (unpaired) electrons. The van der Waals surface area contributed by atoms with Crippen LogP contribution < -0.4 is 4.90 Å². The third-order valence-electron chi connectivity index (χ3n) is 2.69. The summed E-state index contributed by atoms with van der Waals surface area (Å²) in [6, 6.07) is 0. The molecule has 16 heavy (non-hydrogen) atoms. The second-order valence-electron chi connectivity index (χ2n) is 3.73. The maximum atomic E-state index is 9.28. The van der Waals surface area contributed by atoms with Crippen LogP contribution in [-0.4, -0.2) is 62.6 Å². The molecule has 0 amide bonds. The van der Waals surface area contributed by atoms with E-state index in [0.717, 1.165) is 20.2 Å². The van der Waals surface area contributed by atoms with Gasteiger partial charge in [0.15, 0.2) is 6.23 Å². The fourth-order valence-electron chi connectivity index (χ4n) is 1.55. The molecule has 8 heteroatoms. The first-order valence-corrected chi connectivity index (χ1v) is 6.27. The molecule has 1 heterocycles. The van der Waals surface area contributed by atoms with Gasteiger partial charge in [-0.2, -0.15) is 0 Å². The molecule has 0 spiro atoms. The molecule has 0 bridgehead atoms. The van der Waals surface area contributed by atoms with Gasteiger partial charge >= 0.3 is 0 Å². The van der Waals surface area contributed by atoms with Crippen molar-refractivity contribution >= 4 is 10.4 Å². The van der Waals surface area contributed by atoms with E-state index in [9.17, 15) is 18.1 Å². The molecular weight excluding hydrogens is 236 g/mol. The predicted octanol–water partition coefficient (Wildman–Crippen LogP) is -2.41. The van der Waals surface area contributed by atoms with E-state index in [1.54, 1.807) is 0 Å². The van der Waals surface area contributed by atoms with Crippen molar-refractivity contribution in [3.8, 4) is 0 Å². The number of nitrogens with zero attached hydrogens (tertiary/aromatic N) is 1. The summed E-state index contributed by atoms with van der Waals surface area (Å²) in [5.74, 6) is 0. The molecule has 3 unspecified atom stereocenters. The average molecular weight is 256 g/mol. The lowest BCUT2D eigenvalue weighted by atomic mass is 10.4. The van der Waals surface area contributed by atoms with Crippen molar-refractivity contribution in [2.45, 2.75) is 26.2 Å². The van der Waals surface area contributed by atoms with Crippen molar-refractivity contribution in [1.29, 1.82) is 0 Å². The summed E-state index contributed by atoms with van der Waals surface area (Å²) < 4.78 is 31.0. The van der Waals surface area contributed by atoms with Crippen molar-refractivity contribution in [2.24, 2.45) is 0 Å². The van der Waals surface area contributed by atoms with Crippen LogP contribution in [-0.2, 0) is 14.6 Å². The van der Waals surface area contributed by atoms with E-state index in [1.165, 1.54) is 4.90 Å². The van der Waals surface area contributed by atoms with Crippen molar-refractivity contribution in [3.05, 3.63) is 0 Å². The highest BCUT2D eigenvalue weighted by atomic mass is 32.3. The van der Waals surface area contributed by atoms with Crippen molar-refractivity contribution < 1.29 is 27.2 Å². The first-order chi connectivity index (χ1) is 7.19. The number of aliphatic hydroxyl groups excluding tert-OH is 1. The zero-order valence-electron chi connectivity index (χ0n) is 10.0. The molecule has 1 fully saturated rings. The van der Waals surface area contributed by atoms with E-state index in [-0.39, 0.29) is 6.23 Å². The highest BCUT2D eigenvalue weighted by Gasteiger charge is 2.31. The monoisotopic (exact) mass is 256 g/mol. The predicted molar refractivity (Wildman–Crippen MR) is 56.3 cm³/mol. The van der Waals surface area contributed by atoms with Crippen LogP contribution in [0.1, 0.15) is 13.8 Å². The van der Waals surface area contributed by atoms with Crippen molar-refractivity contribution in [1.82, 2.24) is 4.90 Å². The molecule has 1 rings (SSSR count). The van der Waals surface area contributed by atoms with Gasteiger partial charge in [0.05, 0.1) is 20.2 Å². The third kappa shape index (κ3) is 5.73. The summed E-state index contributed by atoms with van der Waals surface area (Å²) in [4.78, 5) is 3.55. The Morgan fingerprint density at radius 2 is 2.06 bits per heavy atom. The number of rotatable bonds is 2. The van der Waals surface area contributed by atoms with Gasteiger partial charge in [0.2, 0.25) is 10.4 Å². The SMILES string of the molecule is CC(O)[NH+]1CCN(C)C1C.COS(=O)(=O)[O-]. The lowest BCUT2D eigenvalue weighted by molar-refractivity contribution is -0.959. The summed E-state index contributed by atoms with van der Waals surface area (Å²) in [7, 11) is -1.51. The van der Waals surface area contributed by atoms with Crippen LogP contribution >= 0.6 is 0 Å². The highest BCUT2D eigenvalue weighted by molar-refractivity contribution is 7.80. The summed E-state index contributed by atoms with van der Waals surface area (Å²) in [5.41, 5.74) is 0. The van der Waals surface area contributed by atoms with E-state index in [0.29, 0.717) is 6.17 Å². The summed E-state index contributed by atoms with van der Waals surface area (Å²) in [5, 5.41) is 9.28. The minimum Gasteiger partial charge on any atom is -0.726 e. The highest BCUT2D eigenvalue weighted by Crippen LogP contribution is 1.92. The molecule has 0 aromatic heterocycles. The maximum absolute atomic E-state index is 9.28. The Bertz CT molecular complexity index is 293. The molecule has 7 nitrogen and oxygen atoms in total. The van der Waals surface area contributed by atoms with Gasteiger partial charge in [-0.15, -0.1) is 0 Å². The Labute approximate surface area is 96.6 Å². The van der Waals surface area contributed by atoms with Crippen LogP contribution in [0.2, 0.25) is 0 Å². The summed E-state index contributed by atoms with van der Waals surface area (Å²) in [6.07, 6.45) is 0.250. The van der Waals surface area contributed by atoms with Gasteiger partial charge in [-0.3, -0.25) is 14.0 Å². The van der Waals surface area contributed by atoms with E-state index in [2.05, 4.69) is 23.1 Å². The Morgan fingerprint density at radius 3 is 2.19 bits per heavy atom. The summed E-state index contributed by atoms with van der Waals surface area (Å²) >= 11 is 0. The fourth-order valence-corrected chi connectivity index (χ4v) is 1.55. The van der Waals surface area contributed by atoms with Crippen LogP contribution in [0.25, 0.3) is 0 Å².